The van der Waals surface area contributed by atoms with E-state index in [9.17, 15) is 4.79 Å². The maximum atomic E-state index is 12.6. The molecule has 1 aromatic carbocycles. The molecule has 0 aliphatic carbocycles. The summed E-state index contributed by atoms with van der Waals surface area (Å²) in [4.78, 5) is 14.5. The van der Waals surface area contributed by atoms with Crippen molar-refractivity contribution in [2.24, 2.45) is 5.73 Å². The number of ether oxygens (including phenoxy) is 1. The van der Waals surface area contributed by atoms with Crippen LogP contribution < -0.4 is 5.73 Å². The fourth-order valence-electron chi connectivity index (χ4n) is 3.07. The van der Waals surface area contributed by atoms with E-state index in [4.69, 9.17) is 10.5 Å². The molecular weight excluding hydrogens is 352 g/mol. The Hall–Kier alpha value is -1.89. The monoisotopic (exact) mass is 378 g/mol. The number of aromatic nitrogens is 2. The molecule has 6 nitrogen and oxygen atoms in total. The van der Waals surface area contributed by atoms with Crippen LogP contribution in [0.25, 0.3) is 0 Å². The second-order valence-corrected chi connectivity index (χ2v) is 6.42. The van der Waals surface area contributed by atoms with Crippen molar-refractivity contribution in [3.8, 4) is 0 Å². The number of rotatable bonds is 7. The van der Waals surface area contributed by atoms with Crippen LogP contribution in [0.2, 0.25) is 0 Å². The third-order valence-electron chi connectivity index (χ3n) is 4.50. The van der Waals surface area contributed by atoms with Crippen LogP contribution in [0.15, 0.2) is 42.7 Å². The number of hydrogen-bond donors (Lipinski definition) is 1. The van der Waals surface area contributed by atoms with Crippen molar-refractivity contribution < 1.29 is 9.53 Å². The smallest absolute Gasteiger partial charge is 0.257 e. The maximum absolute atomic E-state index is 12.6. The first-order valence-corrected chi connectivity index (χ1v) is 8.93. The molecule has 0 atom stereocenters. The van der Waals surface area contributed by atoms with Gasteiger partial charge in [0.2, 0.25) is 0 Å². The van der Waals surface area contributed by atoms with Crippen LogP contribution in [-0.4, -0.2) is 52.9 Å². The molecule has 3 rings (SSSR count). The van der Waals surface area contributed by atoms with Crippen LogP contribution >= 0.6 is 12.4 Å². The van der Waals surface area contributed by atoms with Gasteiger partial charge in [-0.2, -0.15) is 5.10 Å². The first-order valence-electron chi connectivity index (χ1n) is 8.93. The van der Waals surface area contributed by atoms with Gasteiger partial charge in [-0.05, 0) is 31.4 Å². The molecule has 1 aromatic heterocycles. The average molecular weight is 379 g/mol. The fourth-order valence-corrected chi connectivity index (χ4v) is 3.07. The van der Waals surface area contributed by atoms with E-state index in [0.717, 1.165) is 32.4 Å². The van der Waals surface area contributed by atoms with Crippen molar-refractivity contribution in [3.05, 3.63) is 53.9 Å². The standard InChI is InChI=1S/C19H26N4O2.ClH/c20-9-4-12-25-18-7-10-22(11-8-18)19(24)17-13-21-23(15-17)14-16-5-2-1-3-6-16;/h1-3,5-6,13,15,18H,4,7-12,14,20H2;1H. The molecule has 1 fully saturated rings. The van der Waals surface area contributed by atoms with E-state index in [2.05, 4.69) is 17.2 Å². The highest BCUT2D eigenvalue weighted by Crippen LogP contribution is 2.16. The molecule has 0 spiro atoms. The number of carbonyl (C=O) groups is 1. The molecule has 1 aliphatic heterocycles. The van der Waals surface area contributed by atoms with Gasteiger partial charge in [0.15, 0.2) is 0 Å². The van der Waals surface area contributed by atoms with E-state index in [0.29, 0.717) is 25.3 Å². The van der Waals surface area contributed by atoms with E-state index in [-0.39, 0.29) is 24.4 Å². The van der Waals surface area contributed by atoms with Gasteiger partial charge in [-0.3, -0.25) is 9.48 Å². The van der Waals surface area contributed by atoms with E-state index in [1.807, 2.05) is 34.0 Å². The summed E-state index contributed by atoms with van der Waals surface area (Å²) < 4.78 is 7.60. The molecule has 7 heteroatoms. The van der Waals surface area contributed by atoms with Gasteiger partial charge >= 0.3 is 0 Å². The van der Waals surface area contributed by atoms with Crippen LogP contribution in [-0.2, 0) is 11.3 Å². The molecule has 26 heavy (non-hydrogen) atoms. The number of piperidine rings is 1. The summed E-state index contributed by atoms with van der Waals surface area (Å²) in [5.74, 6) is 0.0553. The highest BCUT2D eigenvalue weighted by atomic mass is 35.5. The van der Waals surface area contributed by atoms with E-state index < -0.39 is 0 Å². The Morgan fingerprint density at radius 1 is 1.23 bits per heavy atom. The van der Waals surface area contributed by atoms with Crippen molar-refractivity contribution >= 4 is 18.3 Å². The quantitative estimate of drug-likeness (QED) is 0.750. The molecule has 0 unspecified atom stereocenters. The molecule has 1 amide bonds. The third kappa shape index (κ3) is 5.56. The number of amides is 1. The van der Waals surface area contributed by atoms with E-state index in [1.165, 1.54) is 5.56 Å². The Kier molecular flexibility index (Phi) is 8.09. The van der Waals surface area contributed by atoms with Gasteiger partial charge in [0.05, 0.1) is 24.4 Å². The largest absolute Gasteiger partial charge is 0.378 e. The Labute approximate surface area is 160 Å². The lowest BCUT2D eigenvalue weighted by atomic mass is 10.1. The molecule has 1 aliphatic rings. The molecule has 2 aromatic rings. The summed E-state index contributed by atoms with van der Waals surface area (Å²) in [5, 5.41) is 4.32. The summed E-state index contributed by atoms with van der Waals surface area (Å²) in [6.07, 6.45) is 6.40. The molecule has 0 saturated carbocycles. The molecular formula is C19H27ClN4O2. The molecule has 0 radical (unpaired) electrons. The average Bonchev–Trinajstić information content (AvgIpc) is 3.11. The van der Waals surface area contributed by atoms with Gasteiger partial charge in [0, 0.05) is 25.9 Å². The van der Waals surface area contributed by atoms with Gasteiger partial charge < -0.3 is 15.4 Å². The normalized spacial score (nSPS) is 14.9. The number of carbonyl (C=O) groups excluding carboxylic acids is 1. The van der Waals surface area contributed by atoms with Crippen LogP contribution in [0.4, 0.5) is 0 Å². The summed E-state index contributed by atoms with van der Waals surface area (Å²) in [6, 6.07) is 10.1. The zero-order valence-corrected chi connectivity index (χ0v) is 15.7. The van der Waals surface area contributed by atoms with Crippen molar-refractivity contribution in [1.29, 1.82) is 0 Å². The highest BCUT2D eigenvalue weighted by Gasteiger charge is 2.24. The second-order valence-electron chi connectivity index (χ2n) is 6.42. The van der Waals surface area contributed by atoms with Gasteiger partial charge in [0.25, 0.3) is 5.91 Å². The van der Waals surface area contributed by atoms with Crippen molar-refractivity contribution in [2.75, 3.05) is 26.2 Å². The zero-order chi connectivity index (χ0) is 17.5. The van der Waals surface area contributed by atoms with Crippen molar-refractivity contribution in [3.63, 3.8) is 0 Å². The maximum Gasteiger partial charge on any atom is 0.257 e. The van der Waals surface area contributed by atoms with Gasteiger partial charge in [0.1, 0.15) is 0 Å². The molecule has 0 bridgehead atoms. The van der Waals surface area contributed by atoms with Crippen LogP contribution in [0.5, 0.6) is 0 Å². The van der Waals surface area contributed by atoms with Crippen LogP contribution in [0, 0.1) is 0 Å². The predicted octanol–water partition coefficient (Wildman–Crippen LogP) is 2.32. The third-order valence-corrected chi connectivity index (χ3v) is 4.50. The summed E-state index contributed by atoms with van der Waals surface area (Å²) in [7, 11) is 0. The number of benzene rings is 1. The molecule has 2 heterocycles. The number of halogens is 1. The Bertz CT molecular complexity index is 669. The number of nitrogens with zero attached hydrogens (tertiary/aromatic N) is 3. The second kappa shape index (κ2) is 10.3. The first-order chi connectivity index (χ1) is 12.3. The topological polar surface area (TPSA) is 73.4 Å². The molecule has 1 saturated heterocycles. The summed E-state index contributed by atoms with van der Waals surface area (Å²) in [6.45, 7) is 3.50. The summed E-state index contributed by atoms with van der Waals surface area (Å²) in [5.41, 5.74) is 7.30. The van der Waals surface area contributed by atoms with Gasteiger partial charge in [-0.25, -0.2) is 0 Å². The van der Waals surface area contributed by atoms with E-state index in [1.54, 1.807) is 6.20 Å². The molecule has 142 valence electrons. The minimum Gasteiger partial charge on any atom is -0.378 e. The lowest BCUT2D eigenvalue weighted by molar-refractivity contribution is 0.00844. The number of nitrogens with two attached hydrogens (primary N) is 1. The lowest BCUT2D eigenvalue weighted by Gasteiger charge is -2.31. The fraction of sp³-hybridized carbons (Fsp3) is 0.474. The zero-order valence-electron chi connectivity index (χ0n) is 14.9. The van der Waals surface area contributed by atoms with Crippen molar-refractivity contribution in [2.45, 2.75) is 31.9 Å². The molecule has 2 N–H and O–H groups in total. The Morgan fingerprint density at radius 2 is 1.96 bits per heavy atom. The Morgan fingerprint density at radius 3 is 2.65 bits per heavy atom. The predicted molar refractivity (Wildman–Crippen MR) is 104 cm³/mol. The van der Waals surface area contributed by atoms with Crippen LogP contribution in [0.1, 0.15) is 35.2 Å². The van der Waals surface area contributed by atoms with Gasteiger partial charge in [-0.15, -0.1) is 12.4 Å². The minimum absolute atomic E-state index is 0. The Balaban J connectivity index is 0.00000243. The number of likely N-dealkylation sites (tertiary alicyclic amines) is 1. The number of hydrogen-bond acceptors (Lipinski definition) is 4. The van der Waals surface area contributed by atoms with Gasteiger partial charge in [-0.1, -0.05) is 30.3 Å². The van der Waals surface area contributed by atoms with Crippen LogP contribution in [0.3, 0.4) is 0 Å². The summed E-state index contributed by atoms with van der Waals surface area (Å²) >= 11 is 0. The van der Waals surface area contributed by atoms with Crippen molar-refractivity contribution in [1.82, 2.24) is 14.7 Å². The highest BCUT2D eigenvalue weighted by molar-refractivity contribution is 5.93. The lowest BCUT2D eigenvalue weighted by Crippen LogP contribution is -2.41. The SMILES string of the molecule is Cl.NCCCOC1CCN(C(=O)c2cnn(Cc3ccccc3)c2)CC1. The first kappa shape index (κ1) is 20.4. The minimum atomic E-state index is 0. The van der Waals surface area contributed by atoms with E-state index >= 15 is 0 Å².